The molecular formula is C15H25ClN4. The van der Waals surface area contributed by atoms with Crippen LogP contribution in [0.1, 0.15) is 44.5 Å². The molecule has 0 bridgehead atoms. The molecule has 0 spiro atoms. The Bertz CT molecular complexity index is 463. The Morgan fingerprint density at radius 3 is 2.80 bits per heavy atom. The van der Waals surface area contributed by atoms with Crippen molar-refractivity contribution >= 4 is 17.4 Å². The molecule has 1 N–H and O–H groups in total. The van der Waals surface area contributed by atoms with Gasteiger partial charge < -0.3 is 10.2 Å². The van der Waals surface area contributed by atoms with Crippen molar-refractivity contribution in [2.75, 3.05) is 18.9 Å². The molecule has 0 amide bonds. The first-order chi connectivity index (χ1) is 9.51. The van der Waals surface area contributed by atoms with Crippen LogP contribution in [0.5, 0.6) is 0 Å². The zero-order valence-electron chi connectivity index (χ0n) is 12.9. The van der Waals surface area contributed by atoms with Gasteiger partial charge in [0.1, 0.15) is 16.8 Å². The molecule has 2 unspecified atom stereocenters. The highest BCUT2D eigenvalue weighted by molar-refractivity contribution is 6.30. The number of aryl methyl sites for hydroxylation is 1. The number of rotatable bonds is 4. The van der Waals surface area contributed by atoms with Gasteiger partial charge in [-0.3, -0.25) is 0 Å². The predicted molar refractivity (Wildman–Crippen MR) is 84.5 cm³/mol. The third-order valence-corrected chi connectivity index (χ3v) is 4.52. The van der Waals surface area contributed by atoms with Gasteiger partial charge in [-0.1, -0.05) is 18.5 Å². The molecule has 1 aliphatic rings. The number of aromatic nitrogens is 2. The monoisotopic (exact) mass is 296 g/mol. The van der Waals surface area contributed by atoms with Crippen LogP contribution in [-0.2, 0) is 6.42 Å². The molecule has 5 heteroatoms. The van der Waals surface area contributed by atoms with Crippen LogP contribution in [0, 0.1) is 6.92 Å². The summed E-state index contributed by atoms with van der Waals surface area (Å²) in [6.45, 7) is 7.51. The highest BCUT2D eigenvalue weighted by atomic mass is 35.5. The van der Waals surface area contributed by atoms with Crippen LogP contribution >= 0.6 is 11.6 Å². The summed E-state index contributed by atoms with van der Waals surface area (Å²) in [7, 11) is 2.19. The summed E-state index contributed by atoms with van der Waals surface area (Å²) in [5.41, 5.74) is 0.957. The lowest BCUT2D eigenvalue weighted by Gasteiger charge is -2.35. The number of halogens is 1. The average molecular weight is 297 g/mol. The summed E-state index contributed by atoms with van der Waals surface area (Å²) >= 11 is 6.22. The fourth-order valence-electron chi connectivity index (χ4n) is 2.62. The Balaban J connectivity index is 2.12. The smallest absolute Gasteiger partial charge is 0.137 e. The van der Waals surface area contributed by atoms with Crippen LogP contribution in [-0.4, -0.2) is 40.5 Å². The second-order valence-electron chi connectivity index (χ2n) is 5.85. The predicted octanol–water partition coefficient (Wildman–Crippen LogP) is 3.29. The standard InChI is InChI=1S/C15H25ClN4/c1-5-6-13-18-14(16)11(3)15(19-13)17-12-7-8-20(4)10(2)9-12/h10,12H,5-9H2,1-4H3,(H,17,18,19). The van der Waals surface area contributed by atoms with Crippen molar-refractivity contribution in [2.24, 2.45) is 0 Å². The molecule has 2 heterocycles. The van der Waals surface area contributed by atoms with Crippen molar-refractivity contribution < 1.29 is 0 Å². The zero-order valence-corrected chi connectivity index (χ0v) is 13.7. The van der Waals surface area contributed by atoms with E-state index < -0.39 is 0 Å². The third-order valence-electron chi connectivity index (χ3n) is 4.16. The Labute approximate surface area is 126 Å². The van der Waals surface area contributed by atoms with E-state index in [1.807, 2.05) is 6.92 Å². The van der Waals surface area contributed by atoms with E-state index in [0.29, 0.717) is 17.2 Å². The molecule has 112 valence electrons. The number of piperidine rings is 1. The molecule has 20 heavy (non-hydrogen) atoms. The fourth-order valence-corrected chi connectivity index (χ4v) is 2.81. The summed E-state index contributed by atoms with van der Waals surface area (Å²) < 4.78 is 0. The van der Waals surface area contributed by atoms with E-state index in [1.165, 1.54) is 0 Å². The second-order valence-corrected chi connectivity index (χ2v) is 6.21. The van der Waals surface area contributed by atoms with E-state index in [0.717, 1.165) is 49.4 Å². The maximum absolute atomic E-state index is 6.22. The number of hydrogen-bond acceptors (Lipinski definition) is 4. The van der Waals surface area contributed by atoms with E-state index in [1.54, 1.807) is 0 Å². The topological polar surface area (TPSA) is 41.1 Å². The Kier molecular flexibility index (Phi) is 5.22. The van der Waals surface area contributed by atoms with Gasteiger partial charge in [0.25, 0.3) is 0 Å². The minimum Gasteiger partial charge on any atom is -0.367 e. The number of hydrogen-bond donors (Lipinski definition) is 1. The normalized spacial score (nSPS) is 23.9. The second kappa shape index (κ2) is 6.72. The van der Waals surface area contributed by atoms with Crippen LogP contribution in [0.15, 0.2) is 0 Å². The summed E-state index contributed by atoms with van der Waals surface area (Å²) in [5, 5.41) is 4.15. The van der Waals surface area contributed by atoms with Crippen LogP contribution in [0.4, 0.5) is 5.82 Å². The first-order valence-electron chi connectivity index (χ1n) is 7.51. The van der Waals surface area contributed by atoms with E-state index in [2.05, 4.69) is 41.1 Å². The lowest BCUT2D eigenvalue weighted by molar-refractivity contribution is 0.190. The van der Waals surface area contributed by atoms with Gasteiger partial charge in [0.05, 0.1) is 0 Å². The maximum atomic E-state index is 6.22. The lowest BCUT2D eigenvalue weighted by Crippen LogP contribution is -2.42. The Hall–Kier alpha value is -0.870. The molecule has 1 aromatic heterocycles. The summed E-state index contributed by atoms with van der Waals surface area (Å²) in [6, 6.07) is 1.08. The first-order valence-corrected chi connectivity index (χ1v) is 7.88. The third kappa shape index (κ3) is 3.61. The Morgan fingerprint density at radius 2 is 2.15 bits per heavy atom. The van der Waals surface area contributed by atoms with Crippen molar-refractivity contribution in [3.63, 3.8) is 0 Å². The molecule has 2 rings (SSSR count). The summed E-state index contributed by atoms with van der Waals surface area (Å²) in [6.07, 6.45) is 4.19. The van der Waals surface area contributed by atoms with E-state index in [9.17, 15) is 0 Å². The molecule has 2 atom stereocenters. The van der Waals surface area contributed by atoms with E-state index in [-0.39, 0.29) is 0 Å². The van der Waals surface area contributed by atoms with Crippen molar-refractivity contribution in [1.29, 1.82) is 0 Å². The lowest BCUT2D eigenvalue weighted by atomic mass is 9.99. The van der Waals surface area contributed by atoms with Gasteiger partial charge in [-0.2, -0.15) is 0 Å². The Morgan fingerprint density at radius 1 is 1.40 bits per heavy atom. The number of likely N-dealkylation sites (tertiary alicyclic amines) is 1. The molecule has 1 saturated heterocycles. The SMILES string of the molecule is CCCc1nc(Cl)c(C)c(NC2CCN(C)C(C)C2)n1. The van der Waals surface area contributed by atoms with Gasteiger partial charge in [-0.05, 0) is 40.2 Å². The van der Waals surface area contributed by atoms with Crippen LogP contribution in [0.3, 0.4) is 0 Å². The van der Waals surface area contributed by atoms with Crippen LogP contribution in [0.25, 0.3) is 0 Å². The molecule has 4 nitrogen and oxygen atoms in total. The van der Waals surface area contributed by atoms with E-state index >= 15 is 0 Å². The highest BCUT2D eigenvalue weighted by Crippen LogP contribution is 2.24. The average Bonchev–Trinajstić information content (AvgIpc) is 2.40. The van der Waals surface area contributed by atoms with Gasteiger partial charge in [-0.15, -0.1) is 0 Å². The zero-order chi connectivity index (χ0) is 14.7. The maximum Gasteiger partial charge on any atom is 0.137 e. The number of anilines is 1. The van der Waals surface area contributed by atoms with Gasteiger partial charge in [0.2, 0.25) is 0 Å². The molecule has 0 saturated carbocycles. The van der Waals surface area contributed by atoms with E-state index in [4.69, 9.17) is 11.6 Å². The minimum absolute atomic E-state index is 0.473. The summed E-state index contributed by atoms with van der Waals surface area (Å²) in [4.78, 5) is 11.4. The molecule has 1 fully saturated rings. The first kappa shape index (κ1) is 15.5. The van der Waals surface area contributed by atoms with Gasteiger partial charge in [-0.25, -0.2) is 9.97 Å². The molecular weight excluding hydrogens is 272 g/mol. The molecule has 1 aromatic rings. The molecule has 0 aliphatic carbocycles. The van der Waals surface area contributed by atoms with Gasteiger partial charge in [0, 0.05) is 30.6 Å². The number of nitrogens with zero attached hydrogens (tertiary/aromatic N) is 3. The van der Waals surface area contributed by atoms with Crippen molar-refractivity contribution in [3.05, 3.63) is 16.5 Å². The molecule has 1 aliphatic heterocycles. The largest absolute Gasteiger partial charge is 0.367 e. The van der Waals surface area contributed by atoms with Crippen molar-refractivity contribution in [3.8, 4) is 0 Å². The quantitative estimate of drug-likeness (QED) is 0.866. The minimum atomic E-state index is 0.473. The van der Waals surface area contributed by atoms with Gasteiger partial charge in [0.15, 0.2) is 0 Å². The molecule has 0 aromatic carbocycles. The molecule has 0 radical (unpaired) electrons. The van der Waals surface area contributed by atoms with Crippen molar-refractivity contribution in [2.45, 2.75) is 58.5 Å². The van der Waals surface area contributed by atoms with Crippen molar-refractivity contribution in [1.82, 2.24) is 14.9 Å². The van der Waals surface area contributed by atoms with Crippen LogP contribution in [0.2, 0.25) is 5.15 Å². The summed E-state index contributed by atoms with van der Waals surface area (Å²) in [5.74, 6) is 1.75. The number of nitrogens with one attached hydrogen (secondary N) is 1. The fraction of sp³-hybridized carbons (Fsp3) is 0.733. The highest BCUT2D eigenvalue weighted by Gasteiger charge is 2.23. The van der Waals surface area contributed by atoms with Crippen LogP contribution < -0.4 is 5.32 Å². The van der Waals surface area contributed by atoms with Gasteiger partial charge >= 0.3 is 0 Å².